The summed E-state index contributed by atoms with van der Waals surface area (Å²) in [5.74, 6) is 0.106. The molecule has 0 saturated carbocycles. The first-order valence-electron chi connectivity index (χ1n) is 6.78. The fourth-order valence-electron chi connectivity index (χ4n) is 2.69. The standard InChI is InChI=1S/C14H20FN3O2/c1-9(2)10-6-18(7-12(10)17-13(20)8-19)14-11(15)4-3-5-16-14/h3-5,9-10,12,19H,6-8H2,1-2H3,(H,17,20)/t10-,12+/m1/s1. The third-order valence-electron chi connectivity index (χ3n) is 3.75. The van der Waals surface area contributed by atoms with E-state index in [4.69, 9.17) is 5.11 Å². The van der Waals surface area contributed by atoms with E-state index >= 15 is 0 Å². The highest BCUT2D eigenvalue weighted by atomic mass is 19.1. The second-order valence-corrected chi connectivity index (χ2v) is 5.45. The Morgan fingerprint density at radius 1 is 1.60 bits per heavy atom. The predicted molar refractivity (Wildman–Crippen MR) is 73.8 cm³/mol. The van der Waals surface area contributed by atoms with E-state index in [-0.39, 0.29) is 17.8 Å². The quantitative estimate of drug-likeness (QED) is 0.856. The second kappa shape index (κ2) is 6.17. The van der Waals surface area contributed by atoms with Gasteiger partial charge in [-0.25, -0.2) is 9.37 Å². The van der Waals surface area contributed by atoms with Gasteiger partial charge >= 0.3 is 0 Å². The van der Waals surface area contributed by atoms with E-state index in [1.807, 2.05) is 4.90 Å². The highest BCUT2D eigenvalue weighted by Gasteiger charge is 2.36. The SMILES string of the molecule is CC(C)[C@H]1CN(c2ncccc2F)C[C@@H]1NC(=O)CO. The van der Waals surface area contributed by atoms with Crippen LogP contribution in [0.15, 0.2) is 18.3 Å². The summed E-state index contributed by atoms with van der Waals surface area (Å²) < 4.78 is 13.8. The lowest BCUT2D eigenvalue weighted by atomic mass is 9.91. The number of rotatable bonds is 4. The Morgan fingerprint density at radius 3 is 2.95 bits per heavy atom. The zero-order chi connectivity index (χ0) is 14.7. The van der Waals surface area contributed by atoms with Gasteiger partial charge in [-0.2, -0.15) is 0 Å². The van der Waals surface area contributed by atoms with E-state index in [1.54, 1.807) is 12.3 Å². The average molecular weight is 281 g/mol. The molecule has 2 heterocycles. The van der Waals surface area contributed by atoms with Gasteiger partial charge in [0.15, 0.2) is 11.6 Å². The minimum atomic E-state index is -0.529. The number of amides is 1. The van der Waals surface area contributed by atoms with Crippen molar-refractivity contribution in [2.45, 2.75) is 19.9 Å². The van der Waals surface area contributed by atoms with Crippen molar-refractivity contribution in [3.8, 4) is 0 Å². The number of nitrogens with one attached hydrogen (secondary N) is 1. The highest BCUT2D eigenvalue weighted by Crippen LogP contribution is 2.28. The molecule has 1 saturated heterocycles. The number of hydrogen-bond acceptors (Lipinski definition) is 4. The van der Waals surface area contributed by atoms with Gasteiger partial charge in [-0.3, -0.25) is 4.79 Å². The van der Waals surface area contributed by atoms with Gasteiger partial charge in [-0.1, -0.05) is 13.8 Å². The van der Waals surface area contributed by atoms with Crippen LogP contribution in [0.5, 0.6) is 0 Å². The Morgan fingerprint density at radius 2 is 2.35 bits per heavy atom. The Bertz CT molecular complexity index is 481. The third kappa shape index (κ3) is 3.07. The van der Waals surface area contributed by atoms with Crippen LogP contribution >= 0.6 is 0 Å². The Labute approximate surface area is 117 Å². The van der Waals surface area contributed by atoms with Crippen molar-refractivity contribution in [1.82, 2.24) is 10.3 Å². The van der Waals surface area contributed by atoms with E-state index in [2.05, 4.69) is 24.1 Å². The lowest BCUT2D eigenvalue weighted by Gasteiger charge is -2.22. The van der Waals surface area contributed by atoms with Crippen LogP contribution in [0, 0.1) is 17.7 Å². The van der Waals surface area contributed by atoms with Crippen molar-refractivity contribution in [2.75, 3.05) is 24.6 Å². The zero-order valence-electron chi connectivity index (χ0n) is 11.7. The fraction of sp³-hybridized carbons (Fsp3) is 0.571. The first kappa shape index (κ1) is 14.7. The molecule has 110 valence electrons. The van der Waals surface area contributed by atoms with Crippen molar-refractivity contribution in [3.05, 3.63) is 24.1 Å². The summed E-state index contributed by atoms with van der Waals surface area (Å²) in [4.78, 5) is 17.3. The molecule has 1 aromatic heterocycles. The number of nitrogens with zero attached hydrogens (tertiary/aromatic N) is 2. The van der Waals surface area contributed by atoms with Crippen LogP contribution in [0.2, 0.25) is 0 Å². The predicted octanol–water partition coefficient (Wildman–Crippen LogP) is 0.790. The molecular weight excluding hydrogens is 261 g/mol. The smallest absolute Gasteiger partial charge is 0.245 e. The van der Waals surface area contributed by atoms with E-state index in [0.29, 0.717) is 24.8 Å². The van der Waals surface area contributed by atoms with E-state index in [9.17, 15) is 9.18 Å². The van der Waals surface area contributed by atoms with E-state index in [1.165, 1.54) is 6.07 Å². The lowest BCUT2D eigenvalue weighted by molar-refractivity contribution is -0.124. The number of hydrogen-bond donors (Lipinski definition) is 2. The van der Waals surface area contributed by atoms with Crippen LogP contribution < -0.4 is 10.2 Å². The van der Waals surface area contributed by atoms with E-state index in [0.717, 1.165) is 0 Å². The van der Waals surface area contributed by atoms with Crippen molar-refractivity contribution >= 4 is 11.7 Å². The Kier molecular flexibility index (Phi) is 4.54. The maximum absolute atomic E-state index is 13.8. The van der Waals surface area contributed by atoms with Crippen LogP contribution in [0.25, 0.3) is 0 Å². The number of aromatic nitrogens is 1. The molecule has 0 unspecified atom stereocenters. The molecule has 0 spiro atoms. The average Bonchev–Trinajstić information content (AvgIpc) is 2.83. The largest absolute Gasteiger partial charge is 0.387 e. The Hall–Kier alpha value is -1.69. The third-order valence-corrected chi connectivity index (χ3v) is 3.75. The van der Waals surface area contributed by atoms with Crippen LogP contribution in [-0.4, -0.2) is 41.7 Å². The monoisotopic (exact) mass is 281 g/mol. The first-order chi connectivity index (χ1) is 9.52. The van der Waals surface area contributed by atoms with Gasteiger partial charge in [-0.15, -0.1) is 0 Å². The summed E-state index contributed by atoms with van der Waals surface area (Å²) in [6, 6.07) is 2.84. The van der Waals surface area contributed by atoms with Gasteiger partial charge in [0.2, 0.25) is 5.91 Å². The zero-order valence-corrected chi connectivity index (χ0v) is 11.7. The topological polar surface area (TPSA) is 65.5 Å². The molecule has 2 rings (SSSR count). The van der Waals surface area contributed by atoms with Crippen LogP contribution in [0.3, 0.4) is 0 Å². The van der Waals surface area contributed by atoms with Crippen LogP contribution in [0.1, 0.15) is 13.8 Å². The molecule has 1 aromatic rings. The molecule has 1 fully saturated rings. The number of anilines is 1. The molecule has 0 radical (unpaired) electrons. The summed E-state index contributed by atoms with van der Waals surface area (Å²) in [6.45, 7) is 4.76. The molecule has 1 aliphatic rings. The molecule has 2 atom stereocenters. The van der Waals surface area contributed by atoms with Crippen molar-refractivity contribution < 1.29 is 14.3 Å². The number of pyridine rings is 1. The number of carbonyl (C=O) groups is 1. The molecule has 1 aliphatic heterocycles. The molecule has 0 aromatic carbocycles. The van der Waals surface area contributed by atoms with Crippen LogP contribution in [0.4, 0.5) is 10.2 Å². The fourth-order valence-corrected chi connectivity index (χ4v) is 2.69. The summed E-state index contributed by atoms with van der Waals surface area (Å²) in [5.41, 5.74) is 0. The van der Waals surface area contributed by atoms with Gasteiger partial charge in [-0.05, 0) is 18.1 Å². The molecule has 1 amide bonds. The molecule has 0 aliphatic carbocycles. The summed E-state index contributed by atoms with van der Waals surface area (Å²) in [5, 5.41) is 11.6. The molecule has 6 heteroatoms. The van der Waals surface area contributed by atoms with Gasteiger partial charge in [0, 0.05) is 25.2 Å². The normalized spacial score (nSPS) is 22.4. The van der Waals surface area contributed by atoms with Gasteiger partial charge in [0.25, 0.3) is 0 Å². The molecule has 0 bridgehead atoms. The first-order valence-corrected chi connectivity index (χ1v) is 6.78. The highest BCUT2D eigenvalue weighted by molar-refractivity contribution is 5.77. The van der Waals surface area contributed by atoms with Crippen molar-refractivity contribution in [1.29, 1.82) is 0 Å². The molecule has 2 N–H and O–H groups in total. The van der Waals surface area contributed by atoms with Crippen molar-refractivity contribution in [2.24, 2.45) is 11.8 Å². The maximum Gasteiger partial charge on any atom is 0.245 e. The second-order valence-electron chi connectivity index (χ2n) is 5.45. The van der Waals surface area contributed by atoms with Gasteiger partial charge in [0.05, 0.1) is 6.04 Å². The Balaban J connectivity index is 2.15. The lowest BCUT2D eigenvalue weighted by Crippen LogP contribution is -2.43. The van der Waals surface area contributed by atoms with Gasteiger partial charge in [0.1, 0.15) is 6.61 Å². The summed E-state index contributed by atoms with van der Waals surface area (Å²) >= 11 is 0. The van der Waals surface area contributed by atoms with Gasteiger partial charge < -0.3 is 15.3 Å². The maximum atomic E-state index is 13.8. The molecule has 20 heavy (non-hydrogen) atoms. The molecule has 5 nitrogen and oxygen atoms in total. The summed E-state index contributed by atoms with van der Waals surface area (Å²) in [7, 11) is 0. The van der Waals surface area contributed by atoms with E-state index < -0.39 is 12.5 Å². The number of halogens is 1. The summed E-state index contributed by atoms with van der Waals surface area (Å²) in [6.07, 6.45) is 1.56. The minimum absolute atomic E-state index is 0.101. The minimum Gasteiger partial charge on any atom is -0.387 e. The van der Waals surface area contributed by atoms with Crippen molar-refractivity contribution in [3.63, 3.8) is 0 Å². The number of carbonyl (C=O) groups excluding carboxylic acids is 1. The van der Waals surface area contributed by atoms with Crippen LogP contribution in [-0.2, 0) is 4.79 Å². The number of aliphatic hydroxyl groups excluding tert-OH is 1. The number of aliphatic hydroxyl groups is 1. The molecular formula is C14H20FN3O2.